The van der Waals surface area contributed by atoms with E-state index in [1.165, 1.54) is 0 Å². The van der Waals surface area contributed by atoms with Crippen molar-refractivity contribution in [3.8, 4) is 0 Å². The monoisotopic (exact) mass is 243 g/mol. The Kier molecular flexibility index (Phi) is 4.92. The number of nitrogens with one attached hydrogen (secondary N) is 1. The molecule has 1 atom stereocenters. The summed E-state index contributed by atoms with van der Waals surface area (Å²) in [6, 6.07) is 9.47. The van der Waals surface area contributed by atoms with E-state index in [4.69, 9.17) is 0 Å². The van der Waals surface area contributed by atoms with Crippen molar-refractivity contribution in [3.05, 3.63) is 35.9 Å². The third-order valence-corrected chi connectivity index (χ3v) is 3.60. The van der Waals surface area contributed by atoms with E-state index in [-0.39, 0.29) is 12.3 Å². The van der Waals surface area contributed by atoms with Crippen molar-refractivity contribution in [2.24, 2.45) is 0 Å². The van der Waals surface area contributed by atoms with Gasteiger partial charge in [0.1, 0.15) is 0 Å². The summed E-state index contributed by atoms with van der Waals surface area (Å²) >= 11 is 0. The van der Waals surface area contributed by atoms with Gasteiger partial charge >= 0.3 is 0 Å². The molecule has 0 saturated carbocycles. The lowest BCUT2D eigenvalue weighted by atomic mass is 10.1. The van der Waals surface area contributed by atoms with Crippen LogP contribution < -0.4 is 4.72 Å². The molecule has 0 fully saturated rings. The van der Waals surface area contributed by atoms with Crippen LogP contribution in [0.5, 0.6) is 0 Å². The fraction of sp³-hybridized carbons (Fsp3) is 0.455. The van der Waals surface area contributed by atoms with E-state index in [1.807, 2.05) is 30.3 Å². The summed E-state index contributed by atoms with van der Waals surface area (Å²) in [7, 11) is -3.22. The highest BCUT2D eigenvalue weighted by Crippen LogP contribution is 2.02. The number of sulfonamides is 1. The molecule has 0 aliphatic rings. The minimum atomic E-state index is -3.22. The molecule has 5 heteroatoms. The Balaban J connectivity index is 2.40. The molecule has 16 heavy (non-hydrogen) atoms. The smallest absolute Gasteiger partial charge is 0.211 e. The lowest BCUT2D eigenvalue weighted by Gasteiger charge is -2.11. The van der Waals surface area contributed by atoms with Gasteiger partial charge in [0.25, 0.3) is 0 Å². The summed E-state index contributed by atoms with van der Waals surface area (Å²) in [5, 5.41) is 9.63. The van der Waals surface area contributed by atoms with Gasteiger partial charge in [0.2, 0.25) is 10.0 Å². The van der Waals surface area contributed by atoms with Gasteiger partial charge in [0.15, 0.2) is 0 Å². The van der Waals surface area contributed by atoms with Gasteiger partial charge in [0.05, 0.1) is 11.9 Å². The molecule has 90 valence electrons. The first-order valence-electron chi connectivity index (χ1n) is 5.23. The molecule has 1 unspecified atom stereocenters. The van der Waals surface area contributed by atoms with Crippen LogP contribution in [0.15, 0.2) is 30.3 Å². The Morgan fingerprint density at radius 1 is 1.31 bits per heavy atom. The Morgan fingerprint density at radius 2 is 1.94 bits per heavy atom. The number of hydrogen-bond acceptors (Lipinski definition) is 3. The number of benzene rings is 1. The maximum atomic E-state index is 11.1. The second-order valence-electron chi connectivity index (χ2n) is 3.60. The second kappa shape index (κ2) is 5.98. The zero-order valence-electron chi connectivity index (χ0n) is 9.26. The summed E-state index contributed by atoms with van der Waals surface area (Å²) < 4.78 is 24.6. The van der Waals surface area contributed by atoms with Crippen LogP contribution in [0.3, 0.4) is 0 Å². The topological polar surface area (TPSA) is 66.4 Å². The zero-order valence-corrected chi connectivity index (χ0v) is 10.1. The summed E-state index contributed by atoms with van der Waals surface area (Å²) in [6.45, 7) is 1.62. The molecule has 0 amide bonds. The van der Waals surface area contributed by atoms with Crippen LogP contribution in [0.2, 0.25) is 0 Å². The number of aliphatic hydroxyl groups is 1. The Labute approximate surface area is 96.4 Å². The lowest BCUT2D eigenvalue weighted by Crippen LogP contribution is -2.34. The van der Waals surface area contributed by atoms with Crippen molar-refractivity contribution in [2.45, 2.75) is 19.4 Å². The van der Waals surface area contributed by atoms with Gasteiger partial charge in [-0.25, -0.2) is 13.1 Å². The van der Waals surface area contributed by atoms with Crippen LogP contribution in [0.1, 0.15) is 12.5 Å². The molecule has 0 aliphatic carbocycles. The average Bonchev–Trinajstić information content (AvgIpc) is 2.28. The van der Waals surface area contributed by atoms with Crippen LogP contribution in [0.25, 0.3) is 0 Å². The van der Waals surface area contributed by atoms with Gasteiger partial charge in [-0.2, -0.15) is 0 Å². The van der Waals surface area contributed by atoms with E-state index in [0.29, 0.717) is 6.42 Å². The van der Waals surface area contributed by atoms with Crippen molar-refractivity contribution in [3.63, 3.8) is 0 Å². The van der Waals surface area contributed by atoms with Gasteiger partial charge in [-0.1, -0.05) is 30.3 Å². The first-order chi connectivity index (χ1) is 7.53. The predicted octanol–water partition coefficient (Wildman–Crippen LogP) is 0.529. The van der Waals surface area contributed by atoms with E-state index < -0.39 is 16.1 Å². The lowest BCUT2D eigenvalue weighted by molar-refractivity contribution is 0.179. The van der Waals surface area contributed by atoms with E-state index in [1.54, 1.807) is 6.92 Å². The van der Waals surface area contributed by atoms with Crippen LogP contribution in [0.4, 0.5) is 0 Å². The van der Waals surface area contributed by atoms with Crippen molar-refractivity contribution in [1.29, 1.82) is 0 Å². The predicted molar refractivity (Wildman–Crippen MR) is 63.6 cm³/mol. The molecular formula is C11H17NO3S. The first kappa shape index (κ1) is 13.2. The fourth-order valence-corrected chi connectivity index (χ4v) is 1.93. The maximum absolute atomic E-state index is 11.1. The van der Waals surface area contributed by atoms with Gasteiger partial charge in [0, 0.05) is 6.54 Å². The van der Waals surface area contributed by atoms with E-state index in [9.17, 15) is 13.5 Å². The van der Waals surface area contributed by atoms with Crippen LogP contribution in [0, 0.1) is 0 Å². The molecule has 0 aliphatic heterocycles. The van der Waals surface area contributed by atoms with Crippen molar-refractivity contribution in [1.82, 2.24) is 4.72 Å². The van der Waals surface area contributed by atoms with Crippen molar-refractivity contribution < 1.29 is 13.5 Å². The number of aliphatic hydroxyl groups excluding tert-OH is 1. The molecule has 0 radical (unpaired) electrons. The summed E-state index contributed by atoms with van der Waals surface area (Å²) in [6.07, 6.45) is -0.240. The van der Waals surface area contributed by atoms with Crippen LogP contribution >= 0.6 is 0 Å². The van der Waals surface area contributed by atoms with Crippen LogP contribution in [-0.4, -0.2) is 31.9 Å². The van der Waals surface area contributed by atoms with E-state index in [0.717, 1.165) is 5.56 Å². The van der Waals surface area contributed by atoms with Gasteiger partial charge in [-0.05, 0) is 18.9 Å². The fourth-order valence-electron chi connectivity index (χ4n) is 1.28. The molecular weight excluding hydrogens is 226 g/mol. The summed E-state index contributed by atoms with van der Waals surface area (Å²) in [5.74, 6) is 0.0328. The standard InChI is InChI=1S/C11H17NO3S/c1-2-16(14,15)12-9-11(13)8-10-6-4-3-5-7-10/h3-7,11-13H,2,8-9H2,1H3. The van der Waals surface area contributed by atoms with Crippen molar-refractivity contribution in [2.75, 3.05) is 12.3 Å². The molecule has 1 rings (SSSR count). The minimum absolute atomic E-state index is 0.0328. The number of rotatable bonds is 6. The zero-order chi connectivity index (χ0) is 12.0. The maximum Gasteiger partial charge on any atom is 0.211 e. The first-order valence-corrected chi connectivity index (χ1v) is 6.88. The third-order valence-electron chi connectivity index (χ3n) is 2.23. The third kappa shape index (κ3) is 4.74. The molecule has 1 aromatic rings. The molecule has 0 aromatic heterocycles. The number of hydrogen-bond donors (Lipinski definition) is 2. The highest BCUT2D eigenvalue weighted by Gasteiger charge is 2.10. The van der Waals surface area contributed by atoms with Gasteiger partial charge < -0.3 is 5.11 Å². The molecule has 4 nitrogen and oxygen atoms in total. The highest BCUT2D eigenvalue weighted by atomic mass is 32.2. The normalized spacial score (nSPS) is 13.6. The van der Waals surface area contributed by atoms with Gasteiger partial charge in [-0.15, -0.1) is 0 Å². The largest absolute Gasteiger partial charge is 0.391 e. The second-order valence-corrected chi connectivity index (χ2v) is 5.69. The average molecular weight is 243 g/mol. The molecule has 0 saturated heterocycles. The molecule has 2 N–H and O–H groups in total. The molecule has 0 spiro atoms. The van der Waals surface area contributed by atoms with E-state index in [2.05, 4.69) is 4.72 Å². The summed E-state index contributed by atoms with van der Waals surface area (Å²) in [5.41, 5.74) is 0.991. The Hall–Kier alpha value is -0.910. The quantitative estimate of drug-likeness (QED) is 0.766. The minimum Gasteiger partial charge on any atom is -0.391 e. The summed E-state index contributed by atoms with van der Waals surface area (Å²) in [4.78, 5) is 0. The Morgan fingerprint density at radius 3 is 2.50 bits per heavy atom. The molecule has 1 aromatic carbocycles. The highest BCUT2D eigenvalue weighted by molar-refractivity contribution is 7.89. The van der Waals surface area contributed by atoms with Gasteiger partial charge in [-0.3, -0.25) is 0 Å². The molecule has 0 heterocycles. The molecule has 0 bridgehead atoms. The van der Waals surface area contributed by atoms with Crippen molar-refractivity contribution >= 4 is 10.0 Å². The van der Waals surface area contributed by atoms with Crippen LogP contribution in [-0.2, 0) is 16.4 Å². The Bertz CT molecular complexity index is 402. The van der Waals surface area contributed by atoms with E-state index >= 15 is 0 Å². The SMILES string of the molecule is CCS(=O)(=O)NCC(O)Cc1ccccc1.